The number of rotatable bonds is 4. The summed E-state index contributed by atoms with van der Waals surface area (Å²) in [6, 6.07) is 0. The van der Waals surface area contributed by atoms with Crippen LogP contribution in [0.1, 0.15) is 19.0 Å². The van der Waals surface area contributed by atoms with Gasteiger partial charge in [-0.25, -0.2) is 0 Å². The lowest BCUT2D eigenvalue weighted by Crippen LogP contribution is -2.28. The van der Waals surface area contributed by atoms with E-state index in [1.165, 1.54) is 0 Å². The van der Waals surface area contributed by atoms with Crippen LogP contribution in [-0.2, 0) is 11.3 Å². The van der Waals surface area contributed by atoms with E-state index in [9.17, 15) is 4.79 Å². The molecular weight excluding hydrogens is 180 g/mol. The molecule has 5 heteroatoms. The minimum Gasteiger partial charge on any atom is -0.396 e. The molecule has 0 aliphatic heterocycles. The standard InChI is InChI=1S/C9H16N4O/c1-3-4-11-9(14)6-13-5-8(10)7(2)12-13/h5H,3-4,6,10H2,1-2H3,(H,11,14). The highest BCUT2D eigenvalue weighted by molar-refractivity contribution is 5.75. The molecule has 3 N–H and O–H groups in total. The van der Waals surface area contributed by atoms with Crippen LogP contribution in [0.3, 0.4) is 0 Å². The quantitative estimate of drug-likeness (QED) is 0.727. The molecule has 0 saturated heterocycles. The molecule has 0 fully saturated rings. The number of anilines is 1. The highest BCUT2D eigenvalue weighted by atomic mass is 16.2. The fourth-order valence-corrected chi connectivity index (χ4v) is 1.08. The maximum atomic E-state index is 11.3. The number of hydrogen-bond acceptors (Lipinski definition) is 3. The van der Waals surface area contributed by atoms with Gasteiger partial charge in [0, 0.05) is 12.7 Å². The third-order valence-electron chi connectivity index (χ3n) is 1.86. The number of carbonyl (C=O) groups is 1. The normalized spacial score (nSPS) is 10.1. The molecule has 14 heavy (non-hydrogen) atoms. The number of nitrogens with zero attached hydrogens (tertiary/aromatic N) is 2. The Labute approximate surface area is 83.3 Å². The van der Waals surface area contributed by atoms with Crippen LogP contribution in [0.5, 0.6) is 0 Å². The van der Waals surface area contributed by atoms with Crippen LogP contribution in [0.2, 0.25) is 0 Å². The summed E-state index contributed by atoms with van der Waals surface area (Å²) >= 11 is 0. The lowest BCUT2D eigenvalue weighted by atomic mass is 10.4. The van der Waals surface area contributed by atoms with Gasteiger partial charge in [-0.2, -0.15) is 5.10 Å². The third-order valence-corrected chi connectivity index (χ3v) is 1.86. The topological polar surface area (TPSA) is 72.9 Å². The molecule has 0 spiro atoms. The van der Waals surface area contributed by atoms with Crippen molar-refractivity contribution in [3.05, 3.63) is 11.9 Å². The van der Waals surface area contributed by atoms with Crippen LogP contribution in [-0.4, -0.2) is 22.2 Å². The average Bonchev–Trinajstić information content (AvgIpc) is 2.42. The van der Waals surface area contributed by atoms with Gasteiger partial charge in [0.1, 0.15) is 6.54 Å². The number of nitrogens with two attached hydrogens (primary N) is 1. The van der Waals surface area contributed by atoms with Crippen LogP contribution in [0.25, 0.3) is 0 Å². The first-order chi connectivity index (χ1) is 6.63. The summed E-state index contributed by atoms with van der Waals surface area (Å²) in [6.07, 6.45) is 2.60. The molecule has 5 nitrogen and oxygen atoms in total. The van der Waals surface area contributed by atoms with Crippen LogP contribution in [0, 0.1) is 6.92 Å². The molecule has 0 radical (unpaired) electrons. The molecule has 0 saturated carbocycles. The summed E-state index contributed by atoms with van der Waals surface area (Å²) < 4.78 is 1.55. The Morgan fingerprint density at radius 1 is 1.71 bits per heavy atom. The summed E-state index contributed by atoms with van der Waals surface area (Å²) in [4.78, 5) is 11.3. The van der Waals surface area contributed by atoms with Gasteiger partial charge in [0.25, 0.3) is 0 Å². The Kier molecular flexibility index (Phi) is 3.50. The molecule has 0 unspecified atom stereocenters. The van der Waals surface area contributed by atoms with Crippen molar-refractivity contribution in [3.63, 3.8) is 0 Å². The van der Waals surface area contributed by atoms with E-state index in [2.05, 4.69) is 10.4 Å². The summed E-state index contributed by atoms with van der Waals surface area (Å²) in [6.45, 7) is 4.76. The zero-order chi connectivity index (χ0) is 10.6. The molecule has 1 amide bonds. The number of aromatic nitrogens is 2. The average molecular weight is 196 g/mol. The Morgan fingerprint density at radius 2 is 2.43 bits per heavy atom. The molecule has 0 aliphatic carbocycles. The zero-order valence-electron chi connectivity index (χ0n) is 8.58. The largest absolute Gasteiger partial charge is 0.396 e. The van der Waals surface area contributed by atoms with E-state index in [1.807, 2.05) is 13.8 Å². The van der Waals surface area contributed by atoms with Crippen LogP contribution in [0.15, 0.2) is 6.20 Å². The van der Waals surface area contributed by atoms with Crippen molar-refractivity contribution in [2.75, 3.05) is 12.3 Å². The highest BCUT2D eigenvalue weighted by Gasteiger charge is 2.04. The van der Waals surface area contributed by atoms with Crippen molar-refractivity contribution in [3.8, 4) is 0 Å². The SMILES string of the molecule is CCCNC(=O)Cn1cc(N)c(C)n1. The molecule has 0 atom stereocenters. The Hall–Kier alpha value is -1.52. The summed E-state index contributed by atoms with van der Waals surface area (Å²) in [5.74, 6) is -0.0330. The van der Waals surface area contributed by atoms with Crippen LogP contribution >= 0.6 is 0 Å². The fourth-order valence-electron chi connectivity index (χ4n) is 1.08. The molecule has 0 bridgehead atoms. The monoisotopic (exact) mass is 196 g/mol. The molecule has 1 rings (SSSR count). The summed E-state index contributed by atoms with van der Waals surface area (Å²) in [7, 11) is 0. The predicted molar refractivity (Wildman–Crippen MR) is 54.7 cm³/mol. The van der Waals surface area contributed by atoms with E-state index in [0.29, 0.717) is 12.2 Å². The highest BCUT2D eigenvalue weighted by Crippen LogP contribution is 2.05. The van der Waals surface area contributed by atoms with Gasteiger partial charge in [-0.1, -0.05) is 6.92 Å². The molecule has 0 aliphatic rings. The fraction of sp³-hybridized carbons (Fsp3) is 0.556. The first kappa shape index (κ1) is 10.6. The molecular formula is C9H16N4O. The van der Waals surface area contributed by atoms with Crippen molar-refractivity contribution in [1.29, 1.82) is 0 Å². The number of amides is 1. The molecule has 1 aromatic heterocycles. The maximum Gasteiger partial charge on any atom is 0.241 e. The second-order valence-electron chi connectivity index (χ2n) is 3.22. The Bertz CT molecular complexity index is 299. The second-order valence-corrected chi connectivity index (χ2v) is 3.22. The number of nitrogens with one attached hydrogen (secondary N) is 1. The predicted octanol–water partition coefficient (Wildman–Crippen LogP) is 0.300. The number of aryl methyl sites for hydroxylation is 1. The van der Waals surface area contributed by atoms with E-state index in [4.69, 9.17) is 5.73 Å². The van der Waals surface area contributed by atoms with Crippen molar-refractivity contribution >= 4 is 11.6 Å². The Balaban J connectivity index is 2.48. The van der Waals surface area contributed by atoms with Crippen molar-refractivity contribution in [2.45, 2.75) is 26.8 Å². The van der Waals surface area contributed by atoms with Crippen LogP contribution in [0.4, 0.5) is 5.69 Å². The lowest BCUT2D eigenvalue weighted by molar-refractivity contribution is -0.121. The van der Waals surface area contributed by atoms with Crippen molar-refractivity contribution in [2.24, 2.45) is 0 Å². The first-order valence-corrected chi connectivity index (χ1v) is 4.69. The maximum absolute atomic E-state index is 11.3. The van der Waals surface area contributed by atoms with E-state index >= 15 is 0 Å². The molecule has 1 aromatic rings. The van der Waals surface area contributed by atoms with Crippen molar-refractivity contribution in [1.82, 2.24) is 15.1 Å². The third kappa shape index (κ3) is 2.76. The van der Waals surface area contributed by atoms with E-state index in [0.717, 1.165) is 12.1 Å². The lowest BCUT2D eigenvalue weighted by Gasteiger charge is -2.02. The zero-order valence-corrected chi connectivity index (χ0v) is 8.58. The number of hydrogen-bond donors (Lipinski definition) is 2. The minimum absolute atomic E-state index is 0.0330. The smallest absolute Gasteiger partial charge is 0.241 e. The number of nitrogen functional groups attached to an aromatic ring is 1. The first-order valence-electron chi connectivity index (χ1n) is 4.69. The van der Waals surface area contributed by atoms with Gasteiger partial charge in [-0.05, 0) is 13.3 Å². The Morgan fingerprint density at radius 3 is 2.93 bits per heavy atom. The van der Waals surface area contributed by atoms with Gasteiger partial charge in [-0.3, -0.25) is 9.48 Å². The van der Waals surface area contributed by atoms with Gasteiger partial charge < -0.3 is 11.1 Å². The second kappa shape index (κ2) is 4.64. The molecule has 78 valence electrons. The van der Waals surface area contributed by atoms with E-state index in [1.54, 1.807) is 10.9 Å². The van der Waals surface area contributed by atoms with Gasteiger partial charge >= 0.3 is 0 Å². The summed E-state index contributed by atoms with van der Waals surface area (Å²) in [5, 5.41) is 6.86. The van der Waals surface area contributed by atoms with E-state index < -0.39 is 0 Å². The van der Waals surface area contributed by atoms with Gasteiger partial charge in [0.2, 0.25) is 5.91 Å². The number of carbonyl (C=O) groups excluding carboxylic acids is 1. The van der Waals surface area contributed by atoms with Crippen LogP contribution < -0.4 is 11.1 Å². The van der Waals surface area contributed by atoms with E-state index in [-0.39, 0.29) is 12.5 Å². The summed E-state index contributed by atoms with van der Waals surface area (Å²) in [5.41, 5.74) is 6.98. The van der Waals surface area contributed by atoms with Gasteiger partial charge in [-0.15, -0.1) is 0 Å². The molecule has 1 heterocycles. The molecule has 0 aromatic carbocycles. The van der Waals surface area contributed by atoms with Gasteiger partial charge in [0.05, 0.1) is 11.4 Å². The van der Waals surface area contributed by atoms with Gasteiger partial charge in [0.15, 0.2) is 0 Å². The minimum atomic E-state index is -0.0330. The van der Waals surface area contributed by atoms with Crippen molar-refractivity contribution < 1.29 is 4.79 Å².